The van der Waals surface area contributed by atoms with Crippen LogP contribution >= 0.6 is 0 Å². The second kappa shape index (κ2) is 6.59. The van der Waals surface area contributed by atoms with E-state index >= 15 is 0 Å². The Labute approximate surface area is 124 Å². The van der Waals surface area contributed by atoms with Crippen LogP contribution in [0.4, 0.5) is 0 Å². The molecule has 0 aliphatic rings. The van der Waals surface area contributed by atoms with Gasteiger partial charge in [-0.3, -0.25) is 0 Å². The molecule has 4 heteroatoms. The van der Waals surface area contributed by atoms with Gasteiger partial charge in [0.1, 0.15) is 11.5 Å². The Morgan fingerprint density at radius 1 is 1.14 bits per heavy atom. The first-order valence-electron chi connectivity index (χ1n) is 7.55. The third kappa shape index (κ3) is 3.34. The summed E-state index contributed by atoms with van der Waals surface area (Å²) in [4.78, 5) is 4.40. The van der Waals surface area contributed by atoms with Crippen molar-refractivity contribution < 1.29 is 4.42 Å². The molecule has 0 bridgehead atoms. The fourth-order valence-electron chi connectivity index (χ4n) is 2.48. The van der Waals surface area contributed by atoms with Crippen molar-refractivity contribution in [1.29, 1.82) is 0 Å². The molecule has 110 valence electrons. The van der Waals surface area contributed by atoms with Crippen LogP contribution in [-0.4, -0.2) is 16.1 Å². The minimum absolute atomic E-state index is 0.796. The van der Waals surface area contributed by atoms with E-state index in [1.807, 2.05) is 18.5 Å². The first-order chi connectivity index (χ1) is 10.4. The predicted molar refractivity (Wildman–Crippen MR) is 84.1 cm³/mol. The standard InChI is InChI=1S/C17H21N3O/c1-2-14-8-9-15(21-14)12-18-10-5-11-20-13-19-16-6-3-4-7-17(16)20/h3-4,6-9,13,18H,2,5,10-12H2,1H3. The average molecular weight is 283 g/mol. The van der Waals surface area contributed by atoms with E-state index in [9.17, 15) is 0 Å². The van der Waals surface area contributed by atoms with Gasteiger partial charge < -0.3 is 14.3 Å². The van der Waals surface area contributed by atoms with Crippen molar-refractivity contribution in [2.75, 3.05) is 6.54 Å². The highest BCUT2D eigenvalue weighted by molar-refractivity contribution is 5.74. The summed E-state index contributed by atoms with van der Waals surface area (Å²) in [5.74, 6) is 2.07. The Balaban J connectivity index is 1.44. The number of hydrogen-bond acceptors (Lipinski definition) is 3. The van der Waals surface area contributed by atoms with Crippen LogP contribution in [-0.2, 0) is 19.5 Å². The van der Waals surface area contributed by atoms with Crippen molar-refractivity contribution in [1.82, 2.24) is 14.9 Å². The molecule has 1 aromatic carbocycles. The summed E-state index contributed by atoms with van der Waals surface area (Å²) in [7, 11) is 0. The molecule has 0 amide bonds. The summed E-state index contributed by atoms with van der Waals surface area (Å²) < 4.78 is 7.87. The molecule has 3 rings (SSSR count). The summed E-state index contributed by atoms with van der Waals surface area (Å²) >= 11 is 0. The molecule has 1 N–H and O–H groups in total. The molecule has 0 fully saturated rings. The van der Waals surface area contributed by atoms with Gasteiger partial charge in [0, 0.05) is 13.0 Å². The molecule has 0 aliphatic carbocycles. The number of nitrogens with one attached hydrogen (secondary N) is 1. The van der Waals surface area contributed by atoms with E-state index < -0.39 is 0 Å². The first kappa shape index (κ1) is 13.9. The summed E-state index contributed by atoms with van der Waals surface area (Å²) in [5.41, 5.74) is 2.27. The first-order valence-corrected chi connectivity index (χ1v) is 7.55. The lowest BCUT2D eigenvalue weighted by Gasteiger charge is -2.05. The molecular formula is C17H21N3O. The van der Waals surface area contributed by atoms with Gasteiger partial charge in [-0.15, -0.1) is 0 Å². The summed E-state index contributed by atoms with van der Waals surface area (Å²) in [6, 6.07) is 12.3. The smallest absolute Gasteiger partial charge is 0.117 e. The molecule has 0 atom stereocenters. The Morgan fingerprint density at radius 3 is 2.86 bits per heavy atom. The van der Waals surface area contributed by atoms with Gasteiger partial charge in [-0.05, 0) is 37.2 Å². The Morgan fingerprint density at radius 2 is 2.00 bits per heavy atom. The van der Waals surface area contributed by atoms with Crippen molar-refractivity contribution in [2.45, 2.75) is 32.9 Å². The van der Waals surface area contributed by atoms with Crippen LogP contribution in [0.5, 0.6) is 0 Å². The molecule has 0 radical (unpaired) electrons. The monoisotopic (exact) mass is 283 g/mol. The molecule has 21 heavy (non-hydrogen) atoms. The Bertz CT molecular complexity index is 699. The number of imidazole rings is 1. The normalized spacial score (nSPS) is 11.3. The number of furan rings is 1. The highest BCUT2D eigenvalue weighted by atomic mass is 16.3. The SMILES string of the molecule is CCc1ccc(CNCCCn2cnc3ccccc32)o1. The number of aryl methyl sites for hydroxylation is 2. The zero-order valence-electron chi connectivity index (χ0n) is 12.4. The fourth-order valence-corrected chi connectivity index (χ4v) is 2.48. The molecule has 0 spiro atoms. The summed E-state index contributed by atoms with van der Waals surface area (Å²) in [6.07, 6.45) is 3.94. The fraction of sp³-hybridized carbons (Fsp3) is 0.353. The quantitative estimate of drug-likeness (QED) is 0.676. The zero-order valence-corrected chi connectivity index (χ0v) is 12.4. The lowest BCUT2D eigenvalue weighted by atomic mass is 10.3. The number of rotatable bonds is 7. The topological polar surface area (TPSA) is 43.0 Å². The number of aromatic nitrogens is 2. The molecule has 0 saturated carbocycles. The Hall–Kier alpha value is -2.07. The predicted octanol–water partition coefficient (Wildman–Crippen LogP) is 3.37. The van der Waals surface area contributed by atoms with Crippen molar-refractivity contribution in [3.63, 3.8) is 0 Å². The number of para-hydroxylation sites is 2. The molecule has 4 nitrogen and oxygen atoms in total. The van der Waals surface area contributed by atoms with E-state index in [-0.39, 0.29) is 0 Å². The van der Waals surface area contributed by atoms with Crippen LogP contribution in [0.3, 0.4) is 0 Å². The van der Waals surface area contributed by atoms with E-state index in [1.165, 1.54) is 5.52 Å². The minimum Gasteiger partial charge on any atom is -0.465 e. The largest absolute Gasteiger partial charge is 0.465 e. The average Bonchev–Trinajstić information content (AvgIpc) is 3.14. The number of benzene rings is 1. The maximum Gasteiger partial charge on any atom is 0.117 e. The van der Waals surface area contributed by atoms with Crippen LogP contribution in [0.1, 0.15) is 24.9 Å². The van der Waals surface area contributed by atoms with E-state index in [0.717, 1.165) is 49.5 Å². The highest BCUT2D eigenvalue weighted by Crippen LogP contribution is 2.12. The highest BCUT2D eigenvalue weighted by Gasteiger charge is 2.02. The second-order valence-corrected chi connectivity index (χ2v) is 5.18. The maximum atomic E-state index is 5.67. The lowest BCUT2D eigenvalue weighted by molar-refractivity contribution is 0.447. The van der Waals surface area contributed by atoms with E-state index in [0.29, 0.717) is 0 Å². The van der Waals surface area contributed by atoms with Crippen LogP contribution in [0.15, 0.2) is 47.1 Å². The lowest BCUT2D eigenvalue weighted by Crippen LogP contribution is -2.16. The van der Waals surface area contributed by atoms with E-state index in [2.05, 4.69) is 46.1 Å². The van der Waals surface area contributed by atoms with Gasteiger partial charge in [0.15, 0.2) is 0 Å². The van der Waals surface area contributed by atoms with Crippen LogP contribution in [0.2, 0.25) is 0 Å². The van der Waals surface area contributed by atoms with E-state index in [1.54, 1.807) is 0 Å². The van der Waals surface area contributed by atoms with Gasteiger partial charge in [0.2, 0.25) is 0 Å². The third-order valence-corrected chi connectivity index (χ3v) is 3.64. The molecule has 3 aromatic rings. The minimum atomic E-state index is 0.796. The molecule has 0 aliphatic heterocycles. The number of hydrogen-bond donors (Lipinski definition) is 1. The zero-order chi connectivity index (χ0) is 14.5. The van der Waals surface area contributed by atoms with Crippen molar-refractivity contribution in [3.05, 3.63) is 54.2 Å². The van der Waals surface area contributed by atoms with E-state index in [4.69, 9.17) is 4.42 Å². The van der Waals surface area contributed by atoms with Crippen LogP contribution in [0.25, 0.3) is 11.0 Å². The molecule has 2 aromatic heterocycles. The molecule has 0 saturated heterocycles. The molecule has 2 heterocycles. The van der Waals surface area contributed by atoms with Crippen molar-refractivity contribution in [2.24, 2.45) is 0 Å². The van der Waals surface area contributed by atoms with Crippen molar-refractivity contribution >= 4 is 11.0 Å². The number of nitrogens with zero attached hydrogens (tertiary/aromatic N) is 2. The van der Waals surface area contributed by atoms with Gasteiger partial charge >= 0.3 is 0 Å². The maximum absolute atomic E-state index is 5.67. The van der Waals surface area contributed by atoms with Gasteiger partial charge in [0.05, 0.1) is 23.9 Å². The van der Waals surface area contributed by atoms with Crippen LogP contribution in [0, 0.1) is 0 Å². The van der Waals surface area contributed by atoms with Gasteiger partial charge in [-0.2, -0.15) is 0 Å². The summed E-state index contributed by atoms with van der Waals surface area (Å²) in [5, 5.41) is 3.42. The van der Waals surface area contributed by atoms with Gasteiger partial charge in [-0.25, -0.2) is 4.98 Å². The van der Waals surface area contributed by atoms with Crippen LogP contribution < -0.4 is 5.32 Å². The summed E-state index contributed by atoms with van der Waals surface area (Å²) in [6.45, 7) is 4.84. The number of fused-ring (bicyclic) bond motifs is 1. The van der Waals surface area contributed by atoms with Gasteiger partial charge in [-0.1, -0.05) is 19.1 Å². The third-order valence-electron chi connectivity index (χ3n) is 3.64. The molecule has 0 unspecified atom stereocenters. The Kier molecular flexibility index (Phi) is 4.36. The van der Waals surface area contributed by atoms with Crippen molar-refractivity contribution in [3.8, 4) is 0 Å². The second-order valence-electron chi connectivity index (χ2n) is 5.18. The van der Waals surface area contributed by atoms with Gasteiger partial charge in [0.25, 0.3) is 0 Å². The molecular weight excluding hydrogens is 262 g/mol.